The number of benzene rings is 1. The van der Waals surface area contributed by atoms with Gasteiger partial charge in [-0.05, 0) is 18.9 Å². The monoisotopic (exact) mass is 292 g/mol. The summed E-state index contributed by atoms with van der Waals surface area (Å²) in [5.41, 5.74) is 3.81. The number of likely N-dealkylation sites (tertiary alicyclic amines) is 1. The molecule has 1 aliphatic heterocycles. The molecular formula is C14H20N4O3. The van der Waals surface area contributed by atoms with Gasteiger partial charge in [-0.1, -0.05) is 12.8 Å². The maximum absolute atomic E-state index is 12.1. The average molecular weight is 292 g/mol. The molecule has 1 fully saturated rings. The molecule has 0 aromatic heterocycles. The van der Waals surface area contributed by atoms with E-state index in [0.29, 0.717) is 30.8 Å². The molecule has 1 heterocycles. The van der Waals surface area contributed by atoms with Crippen molar-refractivity contribution in [2.75, 3.05) is 12.0 Å². The number of nitrogens with zero attached hydrogens (tertiary/aromatic N) is 2. The Kier molecular flexibility index (Phi) is 5.10. The summed E-state index contributed by atoms with van der Waals surface area (Å²) in [6, 6.07) is 4.44. The summed E-state index contributed by atoms with van der Waals surface area (Å²) in [4.78, 5) is 24.3. The predicted octanol–water partition coefficient (Wildman–Crippen LogP) is 2.17. The molecule has 0 atom stereocenters. The van der Waals surface area contributed by atoms with Gasteiger partial charge in [0.05, 0.1) is 10.6 Å². The van der Waals surface area contributed by atoms with Crippen molar-refractivity contribution in [2.45, 2.75) is 38.6 Å². The fourth-order valence-corrected chi connectivity index (χ4v) is 2.55. The van der Waals surface area contributed by atoms with E-state index in [4.69, 9.17) is 5.84 Å². The first-order chi connectivity index (χ1) is 10.1. The van der Waals surface area contributed by atoms with Crippen molar-refractivity contribution in [3.8, 4) is 0 Å². The highest BCUT2D eigenvalue weighted by atomic mass is 16.6. The molecule has 1 saturated heterocycles. The van der Waals surface area contributed by atoms with Crippen LogP contribution in [0.15, 0.2) is 18.2 Å². The van der Waals surface area contributed by atoms with Crippen LogP contribution in [0.4, 0.5) is 11.4 Å². The zero-order valence-electron chi connectivity index (χ0n) is 11.9. The maximum atomic E-state index is 12.1. The first-order valence-electron chi connectivity index (χ1n) is 7.13. The van der Waals surface area contributed by atoms with Gasteiger partial charge in [0.1, 0.15) is 0 Å². The molecule has 2 rings (SSSR count). The van der Waals surface area contributed by atoms with Crippen molar-refractivity contribution in [3.05, 3.63) is 33.9 Å². The van der Waals surface area contributed by atoms with Gasteiger partial charge in [0.25, 0.3) is 5.69 Å². The van der Waals surface area contributed by atoms with Crippen LogP contribution in [0, 0.1) is 10.1 Å². The summed E-state index contributed by atoms with van der Waals surface area (Å²) in [6.07, 6.45) is 4.62. The lowest BCUT2D eigenvalue weighted by Gasteiger charge is -2.25. The molecule has 0 spiro atoms. The average Bonchev–Trinajstić information content (AvgIpc) is 2.46. The van der Waals surface area contributed by atoms with E-state index >= 15 is 0 Å². The maximum Gasteiger partial charge on any atom is 0.269 e. The van der Waals surface area contributed by atoms with Gasteiger partial charge in [0.2, 0.25) is 5.91 Å². The topological polar surface area (TPSA) is 102 Å². The molecule has 3 N–H and O–H groups in total. The minimum atomic E-state index is -0.445. The Bertz CT molecular complexity index is 533. The Morgan fingerprint density at radius 1 is 1.29 bits per heavy atom. The molecule has 0 unspecified atom stereocenters. The number of amides is 1. The number of anilines is 1. The van der Waals surface area contributed by atoms with Gasteiger partial charge < -0.3 is 10.3 Å². The number of non-ortho nitro benzene ring substituents is 1. The SMILES string of the molecule is NNc1ccc([N+](=O)[O-])cc1CN1CCCCCCC1=O. The highest BCUT2D eigenvalue weighted by Crippen LogP contribution is 2.24. The number of nitrogens with two attached hydrogens (primary N) is 1. The molecule has 7 heteroatoms. The van der Waals surface area contributed by atoms with Gasteiger partial charge in [0.15, 0.2) is 0 Å². The largest absolute Gasteiger partial charge is 0.338 e. The Morgan fingerprint density at radius 2 is 2.05 bits per heavy atom. The van der Waals surface area contributed by atoms with Crippen LogP contribution < -0.4 is 11.3 Å². The van der Waals surface area contributed by atoms with Crippen molar-refractivity contribution in [3.63, 3.8) is 0 Å². The summed E-state index contributed by atoms with van der Waals surface area (Å²) in [6.45, 7) is 1.03. The first kappa shape index (κ1) is 15.2. The number of carbonyl (C=O) groups excluding carboxylic acids is 1. The lowest BCUT2D eigenvalue weighted by atomic mass is 10.1. The quantitative estimate of drug-likeness (QED) is 0.503. The van der Waals surface area contributed by atoms with E-state index in [1.165, 1.54) is 12.1 Å². The number of nitrogens with one attached hydrogen (secondary N) is 1. The van der Waals surface area contributed by atoms with Crippen LogP contribution in [-0.4, -0.2) is 22.3 Å². The van der Waals surface area contributed by atoms with Crippen LogP contribution in [-0.2, 0) is 11.3 Å². The molecule has 114 valence electrons. The molecule has 0 bridgehead atoms. The third-order valence-corrected chi connectivity index (χ3v) is 3.74. The summed E-state index contributed by atoms with van der Waals surface area (Å²) in [5.74, 6) is 5.55. The van der Waals surface area contributed by atoms with Gasteiger partial charge >= 0.3 is 0 Å². The number of carbonyl (C=O) groups is 1. The van der Waals surface area contributed by atoms with E-state index < -0.39 is 4.92 Å². The molecule has 1 amide bonds. The van der Waals surface area contributed by atoms with Crippen LogP contribution in [0.25, 0.3) is 0 Å². The Labute approximate surface area is 123 Å². The van der Waals surface area contributed by atoms with E-state index in [1.807, 2.05) is 0 Å². The molecule has 0 saturated carbocycles. The van der Waals surface area contributed by atoms with Crippen LogP contribution in [0.3, 0.4) is 0 Å². The standard InChI is InChI=1S/C14H20N4O3/c15-16-13-7-6-12(18(20)21)9-11(13)10-17-8-4-2-1-3-5-14(17)19/h6-7,9,16H,1-5,8,10,15H2. The Balaban J connectivity index is 2.21. The van der Waals surface area contributed by atoms with Gasteiger partial charge in [-0.3, -0.25) is 20.8 Å². The van der Waals surface area contributed by atoms with E-state index in [0.717, 1.165) is 25.7 Å². The molecule has 0 aliphatic carbocycles. The normalized spacial score (nSPS) is 16.2. The van der Waals surface area contributed by atoms with Crippen LogP contribution in [0.5, 0.6) is 0 Å². The third-order valence-electron chi connectivity index (χ3n) is 3.74. The zero-order valence-corrected chi connectivity index (χ0v) is 11.9. The Hall–Kier alpha value is -2.15. The van der Waals surface area contributed by atoms with E-state index in [9.17, 15) is 14.9 Å². The summed E-state index contributed by atoms with van der Waals surface area (Å²) >= 11 is 0. The highest BCUT2D eigenvalue weighted by molar-refractivity contribution is 5.76. The number of rotatable bonds is 4. The number of hydrogen-bond donors (Lipinski definition) is 2. The molecule has 0 radical (unpaired) electrons. The first-order valence-corrected chi connectivity index (χ1v) is 7.13. The fraction of sp³-hybridized carbons (Fsp3) is 0.500. The van der Waals surface area contributed by atoms with E-state index in [2.05, 4.69) is 5.43 Å². The van der Waals surface area contributed by atoms with Gasteiger partial charge in [-0.25, -0.2) is 0 Å². The van der Waals surface area contributed by atoms with Crippen LogP contribution in [0.2, 0.25) is 0 Å². The molecule has 1 aromatic carbocycles. The molecular weight excluding hydrogens is 272 g/mol. The molecule has 21 heavy (non-hydrogen) atoms. The van der Waals surface area contributed by atoms with Crippen molar-refractivity contribution >= 4 is 17.3 Å². The van der Waals surface area contributed by atoms with E-state index in [1.54, 1.807) is 11.0 Å². The van der Waals surface area contributed by atoms with Gasteiger partial charge in [0, 0.05) is 37.2 Å². The number of nitro groups is 1. The smallest absolute Gasteiger partial charge is 0.269 e. The van der Waals surface area contributed by atoms with Crippen LogP contribution >= 0.6 is 0 Å². The second-order valence-corrected chi connectivity index (χ2v) is 5.22. The summed E-state index contributed by atoms with van der Waals surface area (Å²) < 4.78 is 0. The third kappa shape index (κ3) is 3.91. The molecule has 1 aromatic rings. The zero-order chi connectivity index (χ0) is 15.2. The second kappa shape index (κ2) is 7.03. The lowest BCUT2D eigenvalue weighted by molar-refractivity contribution is -0.384. The molecule has 7 nitrogen and oxygen atoms in total. The van der Waals surface area contributed by atoms with Crippen molar-refractivity contribution in [2.24, 2.45) is 5.84 Å². The van der Waals surface area contributed by atoms with Crippen molar-refractivity contribution in [1.29, 1.82) is 0 Å². The minimum Gasteiger partial charge on any atom is -0.338 e. The molecule has 1 aliphatic rings. The summed E-state index contributed by atoms with van der Waals surface area (Å²) in [5, 5.41) is 10.9. The number of hydrazine groups is 1. The van der Waals surface area contributed by atoms with Crippen molar-refractivity contribution in [1.82, 2.24) is 4.90 Å². The highest BCUT2D eigenvalue weighted by Gasteiger charge is 2.18. The van der Waals surface area contributed by atoms with Gasteiger partial charge in [-0.15, -0.1) is 0 Å². The number of nitro benzene ring substituents is 1. The van der Waals surface area contributed by atoms with E-state index in [-0.39, 0.29) is 11.6 Å². The summed E-state index contributed by atoms with van der Waals surface area (Å²) in [7, 11) is 0. The predicted molar refractivity (Wildman–Crippen MR) is 79.4 cm³/mol. The second-order valence-electron chi connectivity index (χ2n) is 5.22. The number of hydrogen-bond acceptors (Lipinski definition) is 5. The fourth-order valence-electron chi connectivity index (χ4n) is 2.55. The lowest BCUT2D eigenvalue weighted by Crippen LogP contribution is -2.32. The van der Waals surface area contributed by atoms with Crippen LogP contribution in [0.1, 0.15) is 37.7 Å². The Morgan fingerprint density at radius 3 is 2.76 bits per heavy atom. The van der Waals surface area contributed by atoms with Crippen molar-refractivity contribution < 1.29 is 9.72 Å². The number of nitrogen functional groups attached to an aromatic ring is 1. The minimum absolute atomic E-state index is 0.00323. The van der Waals surface area contributed by atoms with Gasteiger partial charge in [-0.2, -0.15) is 0 Å².